The second kappa shape index (κ2) is 5.75. The summed E-state index contributed by atoms with van der Waals surface area (Å²) in [6, 6.07) is 3.96. The summed E-state index contributed by atoms with van der Waals surface area (Å²) in [5.41, 5.74) is 6.88. The molecule has 0 aliphatic rings. The van der Waals surface area contributed by atoms with Crippen molar-refractivity contribution in [2.24, 2.45) is 5.73 Å². The molecule has 4 nitrogen and oxygen atoms in total. The van der Waals surface area contributed by atoms with Gasteiger partial charge in [0, 0.05) is 12.4 Å². The van der Waals surface area contributed by atoms with Gasteiger partial charge in [0.15, 0.2) is 0 Å². The van der Waals surface area contributed by atoms with Crippen molar-refractivity contribution in [3.8, 4) is 5.75 Å². The molecular formula is C14H16FN3O. The zero-order chi connectivity index (χ0) is 13.8. The topological polar surface area (TPSA) is 61.0 Å². The molecule has 2 heterocycles. The molecule has 2 aromatic rings. The van der Waals surface area contributed by atoms with E-state index < -0.39 is 11.9 Å². The van der Waals surface area contributed by atoms with Crippen molar-refractivity contribution in [2.75, 3.05) is 0 Å². The SMILES string of the molecule is CC(C)Oc1cncc(C(N)c2ncccc2F)c1. The van der Waals surface area contributed by atoms with E-state index in [1.54, 1.807) is 18.5 Å². The largest absolute Gasteiger partial charge is 0.489 e. The van der Waals surface area contributed by atoms with E-state index in [4.69, 9.17) is 10.5 Å². The second-order valence-electron chi connectivity index (χ2n) is 4.47. The van der Waals surface area contributed by atoms with E-state index in [9.17, 15) is 4.39 Å². The molecule has 5 heteroatoms. The summed E-state index contributed by atoms with van der Waals surface area (Å²) >= 11 is 0. The van der Waals surface area contributed by atoms with Crippen molar-refractivity contribution in [2.45, 2.75) is 26.0 Å². The summed E-state index contributed by atoms with van der Waals surface area (Å²) in [6.07, 6.45) is 4.75. The molecule has 0 fully saturated rings. The number of ether oxygens (including phenoxy) is 1. The van der Waals surface area contributed by atoms with Crippen LogP contribution in [-0.2, 0) is 0 Å². The smallest absolute Gasteiger partial charge is 0.146 e. The lowest BCUT2D eigenvalue weighted by molar-refractivity contribution is 0.241. The lowest BCUT2D eigenvalue weighted by atomic mass is 10.1. The molecule has 0 aliphatic carbocycles. The van der Waals surface area contributed by atoms with Gasteiger partial charge in [-0.1, -0.05) is 0 Å². The Morgan fingerprint density at radius 1 is 1.32 bits per heavy atom. The normalized spacial score (nSPS) is 12.5. The van der Waals surface area contributed by atoms with Gasteiger partial charge in [-0.15, -0.1) is 0 Å². The minimum atomic E-state index is -0.663. The molecule has 2 aromatic heterocycles. The molecule has 0 saturated carbocycles. The molecule has 2 N–H and O–H groups in total. The summed E-state index contributed by atoms with van der Waals surface area (Å²) in [6.45, 7) is 3.84. The van der Waals surface area contributed by atoms with E-state index in [1.165, 1.54) is 18.3 Å². The number of hydrogen-bond donors (Lipinski definition) is 1. The molecule has 0 spiro atoms. The third kappa shape index (κ3) is 3.26. The van der Waals surface area contributed by atoms with Crippen LogP contribution in [0.25, 0.3) is 0 Å². The van der Waals surface area contributed by atoms with Crippen molar-refractivity contribution >= 4 is 0 Å². The Bertz CT molecular complexity index is 560. The first-order valence-corrected chi connectivity index (χ1v) is 6.05. The van der Waals surface area contributed by atoms with Gasteiger partial charge in [0.05, 0.1) is 24.0 Å². The van der Waals surface area contributed by atoms with Gasteiger partial charge in [0.1, 0.15) is 11.6 Å². The van der Waals surface area contributed by atoms with Crippen LogP contribution < -0.4 is 10.5 Å². The predicted molar refractivity (Wildman–Crippen MR) is 70.2 cm³/mol. The van der Waals surface area contributed by atoms with Crippen molar-refractivity contribution in [3.05, 3.63) is 53.9 Å². The molecule has 2 rings (SSSR count). The summed E-state index contributed by atoms with van der Waals surface area (Å²) in [5, 5.41) is 0. The van der Waals surface area contributed by atoms with Gasteiger partial charge in [-0.25, -0.2) is 4.39 Å². The fourth-order valence-electron chi connectivity index (χ4n) is 1.73. The van der Waals surface area contributed by atoms with E-state index in [1.807, 2.05) is 13.8 Å². The Kier molecular flexibility index (Phi) is 4.06. The number of pyridine rings is 2. The van der Waals surface area contributed by atoms with E-state index in [2.05, 4.69) is 9.97 Å². The molecule has 19 heavy (non-hydrogen) atoms. The molecule has 0 bridgehead atoms. The zero-order valence-corrected chi connectivity index (χ0v) is 10.9. The Balaban J connectivity index is 2.29. The second-order valence-corrected chi connectivity index (χ2v) is 4.47. The molecule has 1 unspecified atom stereocenters. The van der Waals surface area contributed by atoms with Crippen molar-refractivity contribution in [1.82, 2.24) is 9.97 Å². The van der Waals surface area contributed by atoms with Gasteiger partial charge in [0.25, 0.3) is 0 Å². The van der Waals surface area contributed by atoms with Gasteiger partial charge in [-0.2, -0.15) is 0 Å². The van der Waals surface area contributed by atoms with Crippen LogP contribution in [0.2, 0.25) is 0 Å². The van der Waals surface area contributed by atoms with Crippen LogP contribution in [0.5, 0.6) is 5.75 Å². The molecule has 0 aliphatic heterocycles. The maximum absolute atomic E-state index is 13.6. The predicted octanol–water partition coefficient (Wildman–Crippen LogP) is 2.45. The van der Waals surface area contributed by atoms with Crippen LogP contribution in [0, 0.1) is 5.82 Å². The third-order valence-corrected chi connectivity index (χ3v) is 2.55. The number of halogens is 1. The summed E-state index contributed by atoms with van der Waals surface area (Å²) < 4.78 is 19.2. The molecule has 0 radical (unpaired) electrons. The first kappa shape index (κ1) is 13.4. The van der Waals surface area contributed by atoms with Gasteiger partial charge >= 0.3 is 0 Å². The van der Waals surface area contributed by atoms with E-state index in [0.717, 1.165) is 0 Å². The van der Waals surface area contributed by atoms with Crippen LogP contribution in [0.3, 0.4) is 0 Å². The van der Waals surface area contributed by atoms with E-state index >= 15 is 0 Å². The highest BCUT2D eigenvalue weighted by Crippen LogP contribution is 2.22. The highest BCUT2D eigenvalue weighted by Gasteiger charge is 2.16. The van der Waals surface area contributed by atoms with Crippen LogP contribution >= 0.6 is 0 Å². The zero-order valence-electron chi connectivity index (χ0n) is 10.9. The van der Waals surface area contributed by atoms with Crippen LogP contribution in [0.4, 0.5) is 4.39 Å². The molecule has 1 atom stereocenters. The highest BCUT2D eigenvalue weighted by atomic mass is 19.1. The van der Waals surface area contributed by atoms with Crippen LogP contribution in [0.1, 0.15) is 31.1 Å². The van der Waals surface area contributed by atoms with Crippen molar-refractivity contribution in [3.63, 3.8) is 0 Å². The fraction of sp³-hybridized carbons (Fsp3) is 0.286. The van der Waals surface area contributed by atoms with Gasteiger partial charge in [0.2, 0.25) is 0 Å². The molecule has 100 valence electrons. The van der Waals surface area contributed by atoms with Crippen molar-refractivity contribution in [1.29, 1.82) is 0 Å². The Morgan fingerprint density at radius 2 is 2.11 bits per heavy atom. The minimum absolute atomic E-state index is 0.0415. The van der Waals surface area contributed by atoms with Crippen LogP contribution in [-0.4, -0.2) is 16.1 Å². The average molecular weight is 261 g/mol. The number of hydrogen-bond acceptors (Lipinski definition) is 4. The van der Waals surface area contributed by atoms with Gasteiger partial charge in [-0.3, -0.25) is 9.97 Å². The minimum Gasteiger partial charge on any atom is -0.489 e. The van der Waals surface area contributed by atoms with E-state index in [-0.39, 0.29) is 11.8 Å². The summed E-state index contributed by atoms with van der Waals surface area (Å²) in [5.74, 6) is 0.185. The standard InChI is InChI=1S/C14H16FN3O/c1-9(2)19-11-6-10(7-17-8-11)13(16)14-12(15)4-3-5-18-14/h3-9,13H,16H2,1-2H3. The number of nitrogens with zero attached hydrogens (tertiary/aromatic N) is 2. The highest BCUT2D eigenvalue weighted by molar-refractivity contribution is 5.31. The lowest BCUT2D eigenvalue weighted by Gasteiger charge is -2.14. The Morgan fingerprint density at radius 3 is 2.79 bits per heavy atom. The Labute approximate surface area is 111 Å². The number of rotatable bonds is 4. The molecule has 0 aromatic carbocycles. The molecular weight excluding hydrogens is 245 g/mol. The van der Waals surface area contributed by atoms with E-state index in [0.29, 0.717) is 11.3 Å². The molecule has 0 amide bonds. The van der Waals surface area contributed by atoms with Crippen LogP contribution in [0.15, 0.2) is 36.8 Å². The van der Waals surface area contributed by atoms with Gasteiger partial charge < -0.3 is 10.5 Å². The Hall–Kier alpha value is -2.01. The maximum atomic E-state index is 13.6. The monoisotopic (exact) mass is 261 g/mol. The lowest BCUT2D eigenvalue weighted by Crippen LogP contribution is -2.16. The summed E-state index contributed by atoms with van der Waals surface area (Å²) in [4.78, 5) is 8.04. The fourth-order valence-corrected chi connectivity index (χ4v) is 1.73. The number of aromatic nitrogens is 2. The summed E-state index contributed by atoms with van der Waals surface area (Å²) in [7, 11) is 0. The first-order valence-electron chi connectivity index (χ1n) is 6.05. The third-order valence-electron chi connectivity index (χ3n) is 2.55. The van der Waals surface area contributed by atoms with Crippen molar-refractivity contribution < 1.29 is 9.13 Å². The first-order chi connectivity index (χ1) is 9.08. The quantitative estimate of drug-likeness (QED) is 0.918. The molecule has 0 saturated heterocycles. The maximum Gasteiger partial charge on any atom is 0.146 e. The average Bonchev–Trinajstić information content (AvgIpc) is 2.38. The number of nitrogens with two attached hydrogens (primary N) is 1. The van der Waals surface area contributed by atoms with Gasteiger partial charge in [-0.05, 0) is 37.6 Å².